The molecule has 4 rings (SSSR count). The first kappa shape index (κ1) is 21.3. The van der Waals surface area contributed by atoms with Crippen LogP contribution in [0.1, 0.15) is 56.3 Å². The number of carbonyl (C=O) groups is 1. The Hall–Kier alpha value is -2.96. The van der Waals surface area contributed by atoms with Gasteiger partial charge >= 0.3 is 0 Å². The van der Waals surface area contributed by atoms with Gasteiger partial charge in [0, 0.05) is 57.4 Å². The average molecular weight is 422 g/mol. The summed E-state index contributed by atoms with van der Waals surface area (Å²) in [4.78, 5) is 23.7. The Morgan fingerprint density at radius 2 is 2.06 bits per heavy atom. The summed E-state index contributed by atoms with van der Waals surface area (Å²) >= 11 is 0. The molecular formula is C24H31N5O2. The number of aromatic nitrogens is 4. The van der Waals surface area contributed by atoms with Gasteiger partial charge in [-0.2, -0.15) is 4.98 Å². The van der Waals surface area contributed by atoms with Gasteiger partial charge in [-0.05, 0) is 30.2 Å². The molecule has 1 amide bonds. The van der Waals surface area contributed by atoms with E-state index in [9.17, 15) is 4.79 Å². The van der Waals surface area contributed by atoms with Gasteiger partial charge in [-0.15, -0.1) is 0 Å². The summed E-state index contributed by atoms with van der Waals surface area (Å²) in [5, 5.41) is 4.09. The molecule has 0 spiro atoms. The highest BCUT2D eigenvalue weighted by Crippen LogP contribution is 2.22. The van der Waals surface area contributed by atoms with Crippen LogP contribution in [0.5, 0.6) is 0 Å². The first-order chi connectivity index (χ1) is 15.0. The zero-order valence-corrected chi connectivity index (χ0v) is 18.6. The lowest BCUT2D eigenvalue weighted by Gasteiger charge is -2.32. The Morgan fingerprint density at radius 3 is 2.77 bits per heavy atom. The van der Waals surface area contributed by atoms with Crippen LogP contribution < -0.4 is 0 Å². The maximum absolute atomic E-state index is 12.8. The first-order valence-corrected chi connectivity index (χ1v) is 11.2. The van der Waals surface area contributed by atoms with Crippen LogP contribution in [-0.4, -0.2) is 43.6 Å². The maximum Gasteiger partial charge on any atom is 0.227 e. The lowest BCUT2D eigenvalue weighted by atomic mass is 9.94. The molecule has 0 aliphatic carbocycles. The van der Waals surface area contributed by atoms with Crippen molar-refractivity contribution in [2.75, 3.05) is 13.1 Å². The van der Waals surface area contributed by atoms with Crippen LogP contribution in [0, 0.1) is 5.92 Å². The molecule has 1 aliphatic heterocycles. The number of hydrogen-bond acceptors (Lipinski definition) is 5. The average Bonchev–Trinajstić information content (AvgIpc) is 3.41. The van der Waals surface area contributed by atoms with E-state index in [1.54, 1.807) is 0 Å². The summed E-state index contributed by atoms with van der Waals surface area (Å²) in [6.07, 6.45) is 7.75. The van der Waals surface area contributed by atoms with Crippen molar-refractivity contribution >= 4 is 5.91 Å². The van der Waals surface area contributed by atoms with Gasteiger partial charge in [-0.3, -0.25) is 4.79 Å². The van der Waals surface area contributed by atoms with E-state index in [0.717, 1.165) is 43.7 Å². The summed E-state index contributed by atoms with van der Waals surface area (Å²) in [6.45, 7) is 5.96. The molecule has 1 fully saturated rings. The number of rotatable bonds is 7. The van der Waals surface area contributed by atoms with Crippen LogP contribution in [0.3, 0.4) is 0 Å². The van der Waals surface area contributed by atoms with Crippen molar-refractivity contribution in [3.63, 3.8) is 0 Å². The van der Waals surface area contributed by atoms with E-state index in [2.05, 4.69) is 45.7 Å². The molecule has 1 unspecified atom stereocenters. The molecular weight excluding hydrogens is 390 g/mol. The fourth-order valence-corrected chi connectivity index (χ4v) is 4.17. The lowest BCUT2D eigenvalue weighted by Crippen LogP contribution is -2.40. The van der Waals surface area contributed by atoms with E-state index in [1.807, 2.05) is 36.5 Å². The molecule has 3 aromatic rings. The number of carbonyl (C=O) groups excluding carboxylic acids is 1. The van der Waals surface area contributed by atoms with Crippen molar-refractivity contribution in [3.05, 3.63) is 53.9 Å². The molecule has 7 heteroatoms. The summed E-state index contributed by atoms with van der Waals surface area (Å²) in [6, 6.07) is 8.23. The smallest absolute Gasteiger partial charge is 0.227 e. The summed E-state index contributed by atoms with van der Waals surface area (Å²) in [5.41, 5.74) is 2.21. The van der Waals surface area contributed by atoms with Crippen LogP contribution in [0.2, 0.25) is 0 Å². The number of hydrogen-bond donors (Lipinski definition) is 0. The number of nitrogens with zero attached hydrogens (tertiary/aromatic N) is 5. The van der Waals surface area contributed by atoms with Crippen molar-refractivity contribution < 1.29 is 9.32 Å². The van der Waals surface area contributed by atoms with Gasteiger partial charge in [0.1, 0.15) is 5.82 Å². The molecule has 0 saturated carbocycles. The number of amides is 1. The second-order valence-corrected chi connectivity index (χ2v) is 8.79. The Kier molecular flexibility index (Phi) is 6.49. The summed E-state index contributed by atoms with van der Waals surface area (Å²) in [5.74, 6) is 3.27. The van der Waals surface area contributed by atoms with Gasteiger partial charge in [0.05, 0.1) is 0 Å². The predicted octanol–water partition coefficient (Wildman–Crippen LogP) is 4.01. The van der Waals surface area contributed by atoms with E-state index < -0.39 is 0 Å². The third kappa shape index (κ3) is 5.21. The first-order valence-electron chi connectivity index (χ1n) is 11.2. The third-order valence-corrected chi connectivity index (χ3v) is 6.12. The highest BCUT2D eigenvalue weighted by molar-refractivity contribution is 5.76. The molecule has 1 aromatic carbocycles. The number of benzene rings is 1. The van der Waals surface area contributed by atoms with Crippen LogP contribution >= 0.6 is 0 Å². The van der Waals surface area contributed by atoms with Gasteiger partial charge in [-0.1, -0.05) is 43.3 Å². The van der Waals surface area contributed by atoms with E-state index in [4.69, 9.17) is 4.52 Å². The zero-order valence-electron chi connectivity index (χ0n) is 18.6. The van der Waals surface area contributed by atoms with Crippen molar-refractivity contribution in [2.24, 2.45) is 13.0 Å². The van der Waals surface area contributed by atoms with Crippen molar-refractivity contribution in [2.45, 2.75) is 51.9 Å². The molecule has 1 atom stereocenters. The Morgan fingerprint density at radius 1 is 1.26 bits per heavy atom. The van der Waals surface area contributed by atoms with Crippen LogP contribution in [0.4, 0.5) is 0 Å². The molecule has 7 nitrogen and oxygen atoms in total. The second-order valence-electron chi connectivity index (χ2n) is 8.79. The maximum atomic E-state index is 12.8. The summed E-state index contributed by atoms with van der Waals surface area (Å²) < 4.78 is 7.46. The number of likely N-dealkylation sites (tertiary alicyclic amines) is 1. The lowest BCUT2D eigenvalue weighted by molar-refractivity contribution is -0.133. The zero-order chi connectivity index (χ0) is 21.8. The minimum atomic E-state index is 0.158. The van der Waals surface area contributed by atoms with Gasteiger partial charge in [0.15, 0.2) is 0 Å². The highest BCUT2D eigenvalue weighted by atomic mass is 16.5. The van der Waals surface area contributed by atoms with Gasteiger partial charge in [0.2, 0.25) is 17.6 Å². The molecule has 2 aromatic heterocycles. The molecule has 31 heavy (non-hydrogen) atoms. The SMILES string of the molecule is CC(C)c1ccc(-c2noc(CCC(=O)N3CCCC(Cc4nccn4C)C3)n2)cc1. The van der Waals surface area contributed by atoms with Crippen LogP contribution in [0.15, 0.2) is 41.2 Å². The topological polar surface area (TPSA) is 77.0 Å². The van der Waals surface area contributed by atoms with Crippen LogP contribution in [-0.2, 0) is 24.7 Å². The minimum absolute atomic E-state index is 0.158. The molecule has 164 valence electrons. The predicted molar refractivity (Wildman–Crippen MR) is 118 cm³/mol. The molecule has 0 N–H and O–H groups in total. The Balaban J connectivity index is 1.30. The van der Waals surface area contributed by atoms with E-state index in [-0.39, 0.29) is 5.91 Å². The number of imidazole rings is 1. The van der Waals surface area contributed by atoms with Crippen LogP contribution in [0.25, 0.3) is 11.4 Å². The Labute approximate surface area is 183 Å². The van der Waals surface area contributed by atoms with Crippen molar-refractivity contribution in [1.82, 2.24) is 24.6 Å². The monoisotopic (exact) mass is 421 g/mol. The number of aryl methyl sites for hydroxylation is 2. The molecule has 0 bridgehead atoms. The second kappa shape index (κ2) is 9.45. The molecule has 1 saturated heterocycles. The minimum Gasteiger partial charge on any atom is -0.342 e. The molecule has 0 radical (unpaired) electrons. The van der Waals surface area contributed by atoms with E-state index in [0.29, 0.717) is 36.4 Å². The fraction of sp³-hybridized carbons (Fsp3) is 0.500. The van der Waals surface area contributed by atoms with E-state index in [1.165, 1.54) is 5.56 Å². The van der Waals surface area contributed by atoms with Gasteiger partial charge in [0.25, 0.3) is 0 Å². The summed E-state index contributed by atoms with van der Waals surface area (Å²) in [7, 11) is 2.02. The Bertz CT molecular complexity index is 1010. The van der Waals surface area contributed by atoms with Crippen molar-refractivity contribution in [3.8, 4) is 11.4 Å². The van der Waals surface area contributed by atoms with E-state index >= 15 is 0 Å². The van der Waals surface area contributed by atoms with Crippen molar-refractivity contribution in [1.29, 1.82) is 0 Å². The van der Waals surface area contributed by atoms with Gasteiger partial charge in [-0.25, -0.2) is 4.98 Å². The molecule has 1 aliphatic rings. The largest absolute Gasteiger partial charge is 0.342 e. The highest BCUT2D eigenvalue weighted by Gasteiger charge is 2.25. The molecule has 3 heterocycles. The quantitative estimate of drug-likeness (QED) is 0.576. The fourth-order valence-electron chi connectivity index (χ4n) is 4.17. The normalized spacial score (nSPS) is 16.8. The van der Waals surface area contributed by atoms with Gasteiger partial charge < -0.3 is 14.0 Å². The standard InChI is InChI=1S/C24H31N5O2/c1-17(2)19-6-8-20(9-7-19)24-26-22(31-27-24)10-11-23(30)29-13-4-5-18(16-29)15-21-25-12-14-28(21)3/h6-9,12,14,17-18H,4-5,10-11,13,15-16H2,1-3H3. The third-order valence-electron chi connectivity index (χ3n) is 6.12. The number of piperidine rings is 1.